The number of hydrogen-bond acceptors (Lipinski definition) is 5. The maximum Gasteiger partial charge on any atom is 0.237 e. The molecule has 3 aromatic rings. The molecule has 1 aromatic carbocycles. The lowest BCUT2D eigenvalue weighted by atomic mass is 10.3. The number of amides is 1. The third-order valence-electron chi connectivity index (χ3n) is 4.42. The predicted octanol–water partition coefficient (Wildman–Crippen LogP) is 3.55. The van der Waals surface area contributed by atoms with Gasteiger partial charge in [-0.2, -0.15) is 0 Å². The van der Waals surface area contributed by atoms with Gasteiger partial charge in [0.05, 0.1) is 18.6 Å². The van der Waals surface area contributed by atoms with Crippen molar-refractivity contribution in [1.82, 2.24) is 14.8 Å². The Labute approximate surface area is 156 Å². The van der Waals surface area contributed by atoms with Gasteiger partial charge in [-0.05, 0) is 37.1 Å². The Morgan fingerprint density at radius 3 is 2.73 bits per heavy atom. The van der Waals surface area contributed by atoms with E-state index in [0.29, 0.717) is 18.2 Å². The molecule has 1 saturated carbocycles. The van der Waals surface area contributed by atoms with Gasteiger partial charge < -0.3 is 9.32 Å². The summed E-state index contributed by atoms with van der Waals surface area (Å²) in [5, 5.41) is 9.45. The Morgan fingerprint density at radius 1 is 1.23 bits per heavy atom. The predicted molar refractivity (Wildman–Crippen MR) is 100 cm³/mol. The number of furan rings is 1. The fraction of sp³-hybridized carbons (Fsp3) is 0.316. The highest BCUT2D eigenvalue weighted by Crippen LogP contribution is 2.40. The highest BCUT2D eigenvalue weighted by Gasteiger charge is 2.31. The molecule has 0 aliphatic heterocycles. The molecule has 1 amide bonds. The number of hydrogen-bond donors (Lipinski definition) is 0. The van der Waals surface area contributed by atoms with Crippen LogP contribution in [0, 0.1) is 0 Å². The molecular formula is C19H20N4O2S. The number of carbonyl (C=O) groups excluding carboxylic acids is 1. The average molecular weight is 368 g/mol. The zero-order chi connectivity index (χ0) is 17.9. The summed E-state index contributed by atoms with van der Waals surface area (Å²) in [6, 6.07) is 13.5. The molecular weight excluding hydrogens is 348 g/mol. The van der Waals surface area contributed by atoms with Crippen molar-refractivity contribution in [3.05, 3.63) is 60.3 Å². The van der Waals surface area contributed by atoms with E-state index in [4.69, 9.17) is 4.42 Å². The number of rotatable bonds is 7. The lowest BCUT2D eigenvalue weighted by molar-refractivity contribution is -0.115. The summed E-state index contributed by atoms with van der Waals surface area (Å²) in [7, 11) is 1.79. The van der Waals surface area contributed by atoms with Crippen molar-refractivity contribution in [3.8, 4) is 0 Å². The van der Waals surface area contributed by atoms with Crippen LogP contribution in [0.5, 0.6) is 0 Å². The second-order valence-corrected chi connectivity index (χ2v) is 7.30. The molecule has 0 N–H and O–H groups in total. The van der Waals surface area contributed by atoms with Crippen molar-refractivity contribution >= 4 is 23.4 Å². The van der Waals surface area contributed by atoms with Crippen LogP contribution in [0.4, 0.5) is 5.69 Å². The molecule has 26 heavy (non-hydrogen) atoms. The fourth-order valence-electron chi connectivity index (χ4n) is 2.78. The van der Waals surface area contributed by atoms with Crippen molar-refractivity contribution in [2.24, 2.45) is 0 Å². The van der Waals surface area contributed by atoms with E-state index >= 15 is 0 Å². The standard InChI is InChI=1S/C19H20N4O2S/c1-22(15-6-3-2-4-7-15)17(24)13-26-19-21-20-18(14-9-10-14)23(19)12-16-8-5-11-25-16/h2-8,11,14H,9-10,12-13H2,1H3. The molecule has 1 aliphatic rings. The topological polar surface area (TPSA) is 64.2 Å². The number of benzene rings is 1. The number of anilines is 1. The van der Waals surface area contributed by atoms with Crippen LogP contribution in [0.1, 0.15) is 30.3 Å². The third-order valence-corrected chi connectivity index (χ3v) is 5.38. The number of para-hydroxylation sites is 1. The van der Waals surface area contributed by atoms with Gasteiger partial charge in [0.2, 0.25) is 5.91 Å². The molecule has 2 heterocycles. The monoisotopic (exact) mass is 368 g/mol. The first-order valence-corrected chi connectivity index (χ1v) is 9.61. The van der Waals surface area contributed by atoms with Crippen LogP contribution in [0.25, 0.3) is 0 Å². The van der Waals surface area contributed by atoms with E-state index in [1.165, 1.54) is 11.8 Å². The molecule has 2 aromatic heterocycles. The molecule has 134 valence electrons. The summed E-state index contributed by atoms with van der Waals surface area (Å²) >= 11 is 1.42. The van der Waals surface area contributed by atoms with Gasteiger partial charge in [-0.3, -0.25) is 9.36 Å². The van der Waals surface area contributed by atoms with Crippen LogP contribution < -0.4 is 4.90 Å². The second kappa shape index (κ2) is 7.37. The van der Waals surface area contributed by atoms with Crippen molar-refractivity contribution < 1.29 is 9.21 Å². The quantitative estimate of drug-likeness (QED) is 0.597. The van der Waals surface area contributed by atoms with E-state index in [9.17, 15) is 4.79 Å². The summed E-state index contributed by atoms with van der Waals surface area (Å²) < 4.78 is 7.56. The van der Waals surface area contributed by atoms with Crippen LogP contribution >= 0.6 is 11.8 Å². The fourth-order valence-corrected chi connectivity index (χ4v) is 3.63. The van der Waals surface area contributed by atoms with Crippen LogP contribution in [-0.4, -0.2) is 33.5 Å². The summed E-state index contributed by atoms with van der Waals surface area (Å²) in [5.41, 5.74) is 0.883. The number of carbonyl (C=O) groups is 1. The van der Waals surface area contributed by atoms with E-state index in [-0.39, 0.29) is 5.91 Å². The zero-order valence-corrected chi connectivity index (χ0v) is 15.4. The van der Waals surface area contributed by atoms with Crippen molar-refractivity contribution in [3.63, 3.8) is 0 Å². The zero-order valence-electron chi connectivity index (χ0n) is 14.5. The van der Waals surface area contributed by atoms with Crippen LogP contribution in [-0.2, 0) is 11.3 Å². The summed E-state index contributed by atoms with van der Waals surface area (Å²) in [5.74, 6) is 2.68. The van der Waals surface area contributed by atoms with Gasteiger partial charge in [0, 0.05) is 18.7 Å². The van der Waals surface area contributed by atoms with E-state index in [1.54, 1.807) is 18.2 Å². The molecule has 1 aliphatic carbocycles. The molecule has 0 spiro atoms. The number of nitrogens with zero attached hydrogens (tertiary/aromatic N) is 4. The van der Waals surface area contributed by atoms with E-state index in [1.807, 2.05) is 42.5 Å². The molecule has 7 heteroatoms. The Balaban J connectivity index is 1.47. The number of thioether (sulfide) groups is 1. The minimum atomic E-state index is 0.0294. The maximum absolute atomic E-state index is 12.5. The lowest BCUT2D eigenvalue weighted by Gasteiger charge is -2.17. The van der Waals surface area contributed by atoms with Gasteiger partial charge in [-0.25, -0.2) is 0 Å². The molecule has 0 bridgehead atoms. The first kappa shape index (κ1) is 16.9. The normalized spacial score (nSPS) is 13.7. The van der Waals surface area contributed by atoms with Crippen molar-refractivity contribution in [2.75, 3.05) is 17.7 Å². The molecule has 4 rings (SSSR count). The van der Waals surface area contributed by atoms with Gasteiger partial charge in [-0.1, -0.05) is 30.0 Å². The molecule has 0 atom stereocenters. The van der Waals surface area contributed by atoms with Crippen LogP contribution in [0.3, 0.4) is 0 Å². The minimum absolute atomic E-state index is 0.0294. The van der Waals surface area contributed by atoms with Gasteiger partial charge in [-0.15, -0.1) is 10.2 Å². The maximum atomic E-state index is 12.5. The summed E-state index contributed by atoms with van der Waals surface area (Å²) in [4.78, 5) is 14.2. The van der Waals surface area contributed by atoms with Crippen LogP contribution in [0.15, 0.2) is 58.3 Å². The van der Waals surface area contributed by atoms with Gasteiger partial charge >= 0.3 is 0 Å². The Hall–Kier alpha value is -2.54. The summed E-state index contributed by atoms with van der Waals surface area (Å²) in [6.07, 6.45) is 3.97. The molecule has 0 unspecified atom stereocenters. The first-order valence-electron chi connectivity index (χ1n) is 8.62. The van der Waals surface area contributed by atoms with Gasteiger partial charge in [0.1, 0.15) is 11.6 Å². The average Bonchev–Trinajstić information content (AvgIpc) is 3.24. The smallest absolute Gasteiger partial charge is 0.237 e. The largest absolute Gasteiger partial charge is 0.467 e. The molecule has 1 fully saturated rings. The lowest BCUT2D eigenvalue weighted by Crippen LogP contribution is -2.28. The second-order valence-electron chi connectivity index (χ2n) is 6.36. The number of aromatic nitrogens is 3. The van der Waals surface area contributed by atoms with E-state index in [0.717, 1.165) is 35.3 Å². The van der Waals surface area contributed by atoms with Crippen LogP contribution in [0.2, 0.25) is 0 Å². The molecule has 6 nitrogen and oxygen atoms in total. The van der Waals surface area contributed by atoms with Gasteiger partial charge in [0.25, 0.3) is 0 Å². The van der Waals surface area contributed by atoms with Crippen molar-refractivity contribution in [1.29, 1.82) is 0 Å². The van der Waals surface area contributed by atoms with E-state index in [2.05, 4.69) is 14.8 Å². The Kier molecular flexibility index (Phi) is 4.79. The van der Waals surface area contributed by atoms with Crippen molar-refractivity contribution in [2.45, 2.75) is 30.5 Å². The Morgan fingerprint density at radius 2 is 2.04 bits per heavy atom. The highest BCUT2D eigenvalue weighted by molar-refractivity contribution is 7.99. The SMILES string of the molecule is CN(C(=O)CSc1nnc(C2CC2)n1Cc1ccco1)c1ccccc1. The molecule has 0 radical (unpaired) electrons. The van der Waals surface area contributed by atoms with E-state index < -0.39 is 0 Å². The first-order chi connectivity index (χ1) is 12.7. The highest BCUT2D eigenvalue weighted by atomic mass is 32.2. The molecule has 0 saturated heterocycles. The summed E-state index contributed by atoms with van der Waals surface area (Å²) in [6.45, 7) is 0.594. The van der Waals surface area contributed by atoms with Gasteiger partial charge in [0.15, 0.2) is 5.16 Å². The minimum Gasteiger partial charge on any atom is -0.467 e. The Bertz CT molecular complexity index is 872. The third kappa shape index (κ3) is 3.67.